The molecule has 12 rings (SSSR count). The summed E-state index contributed by atoms with van der Waals surface area (Å²) < 4.78 is 4.98. The van der Waals surface area contributed by atoms with E-state index in [0.29, 0.717) is 0 Å². The Labute approximate surface area is 323 Å². The van der Waals surface area contributed by atoms with E-state index in [2.05, 4.69) is 215 Å². The van der Waals surface area contributed by atoms with Gasteiger partial charge in [-0.3, -0.25) is 0 Å². The second-order valence-electron chi connectivity index (χ2n) is 14.9. The lowest BCUT2D eigenvalue weighted by atomic mass is 9.93. The van der Waals surface area contributed by atoms with Gasteiger partial charge >= 0.3 is 0 Å². The predicted octanol–water partition coefficient (Wildman–Crippen LogP) is 14.7. The molecule has 0 N–H and O–H groups in total. The number of benzene rings is 10. The van der Waals surface area contributed by atoms with Gasteiger partial charge in [0.05, 0.1) is 27.8 Å². The standard InChI is InChI=1S/C54H34N2/c1-4-15-35(16-5-1)37-27-29-49-45(31-37)47-33-48-46-32-38(36-17-6-2-7-18-36)28-30-50(46)56(53(48)34-52(47)55(49)39-19-8-3-9-20-39)51-26-14-25-44-42-22-11-10-21-40(42)41-23-12-13-24-43(41)54(44)51/h1-34H. The molecule has 0 spiro atoms. The van der Waals surface area contributed by atoms with Crippen LogP contribution in [-0.4, -0.2) is 9.13 Å². The van der Waals surface area contributed by atoms with Gasteiger partial charge in [-0.15, -0.1) is 0 Å². The topological polar surface area (TPSA) is 9.86 Å². The first-order chi connectivity index (χ1) is 27.8. The van der Waals surface area contributed by atoms with Crippen LogP contribution in [0.3, 0.4) is 0 Å². The van der Waals surface area contributed by atoms with E-state index < -0.39 is 0 Å². The zero-order valence-corrected chi connectivity index (χ0v) is 30.5. The van der Waals surface area contributed by atoms with E-state index >= 15 is 0 Å². The quantitative estimate of drug-likeness (QED) is 0.161. The predicted molar refractivity (Wildman–Crippen MR) is 239 cm³/mol. The summed E-state index contributed by atoms with van der Waals surface area (Å²) in [5.74, 6) is 0. The van der Waals surface area contributed by atoms with Crippen molar-refractivity contribution in [3.8, 4) is 33.6 Å². The fourth-order valence-electron chi connectivity index (χ4n) is 9.39. The van der Waals surface area contributed by atoms with E-state index in [9.17, 15) is 0 Å². The molecule has 0 aliphatic heterocycles. The maximum absolute atomic E-state index is 2.53. The molecule has 0 bridgehead atoms. The zero-order chi connectivity index (χ0) is 36.7. The van der Waals surface area contributed by atoms with Gasteiger partial charge in [0.2, 0.25) is 0 Å². The van der Waals surface area contributed by atoms with Crippen LogP contribution in [0, 0.1) is 0 Å². The Bertz CT molecular complexity index is 3460. The molecule has 0 radical (unpaired) electrons. The molecule has 0 fully saturated rings. The van der Waals surface area contributed by atoms with Crippen molar-refractivity contribution in [2.24, 2.45) is 0 Å². The molecule has 0 amide bonds. The van der Waals surface area contributed by atoms with Crippen molar-refractivity contribution >= 4 is 75.9 Å². The average Bonchev–Trinajstić information content (AvgIpc) is 3.77. The fraction of sp³-hybridized carbons (Fsp3) is 0. The van der Waals surface area contributed by atoms with Gasteiger partial charge in [-0.2, -0.15) is 0 Å². The molecule has 2 aromatic heterocycles. The molecule has 2 heterocycles. The summed E-state index contributed by atoms with van der Waals surface area (Å²) in [4.78, 5) is 0. The molecule has 0 aliphatic rings. The highest BCUT2D eigenvalue weighted by atomic mass is 15.0. The maximum Gasteiger partial charge on any atom is 0.0562 e. The number of rotatable bonds is 4. The summed E-state index contributed by atoms with van der Waals surface area (Å²) in [7, 11) is 0. The van der Waals surface area contributed by atoms with Gasteiger partial charge in [-0.25, -0.2) is 0 Å². The first kappa shape index (κ1) is 31.0. The van der Waals surface area contributed by atoms with Crippen LogP contribution in [-0.2, 0) is 0 Å². The second-order valence-corrected chi connectivity index (χ2v) is 14.9. The number of nitrogens with zero attached hydrogens (tertiary/aromatic N) is 2. The summed E-state index contributed by atoms with van der Waals surface area (Å²) >= 11 is 0. The van der Waals surface area contributed by atoms with E-state index in [1.54, 1.807) is 0 Å². The summed E-state index contributed by atoms with van der Waals surface area (Å²) in [5.41, 5.74) is 12.0. The lowest BCUT2D eigenvalue weighted by molar-refractivity contribution is 1.17. The minimum absolute atomic E-state index is 1.15. The highest BCUT2D eigenvalue weighted by Gasteiger charge is 2.22. The van der Waals surface area contributed by atoms with Crippen molar-refractivity contribution in [3.63, 3.8) is 0 Å². The van der Waals surface area contributed by atoms with E-state index in [0.717, 1.165) is 5.69 Å². The van der Waals surface area contributed by atoms with E-state index in [4.69, 9.17) is 0 Å². The Morgan fingerprint density at radius 3 is 1.23 bits per heavy atom. The van der Waals surface area contributed by atoms with Crippen LogP contribution in [0.25, 0.3) is 110 Å². The highest BCUT2D eigenvalue weighted by Crippen LogP contribution is 2.44. The summed E-state index contributed by atoms with van der Waals surface area (Å²) in [6.07, 6.45) is 0. The highest BCUT2D eigenvalue weighted by molar-refractivity contribution is 6.28. The lowest BCUT2D eigenvalue weighted by Crippen LogP contribution is -1.97. The molecule has 12 aromatic rings. The zero-order valence-electron chi connectivity index (χ0n) is 30.5. The smallest absolute Gasteiger partial charge is 0.0562 e. The van der Waals surface area contributed by atoms with Gasteiger partial charge in [-0.05, 0) is 104 Å². The Kier molecular flexibility index (Phi) is 6.66. The first-order valence-electron chi connectivity index (χ1n) is 19.4. The van der Waals surface area contributed by atoms with Crippen LogP contribution in [0.15, 0.2) is 206 Å². The fourth-order valence-corrected chi connectivity index (χ4v) is 9.39. The molecule has 0 unspecified atom stereocenters. The Morgan fingerprint density at radius 1 is 0.232 bits per heavy atom. The van der Waals surface area contributed by atoms with Crippen molar-refractivity contribution in [2.75, 3.05) is 0 Å². The lowest BCUT2D eigenvalue weighted by Gasteiger charge is -2.16. The third-order valence-corrected chi connectivity index (χ3v) is 11.9. The van der Waals surface area contributed by atoms with E-state index in [1.165, 1.54) is 104 Å². The van der Waals surface area contributed by atoms with Crippen LogP contribution in [0.1, 0.15) is 0 Å². The molecule has 2 nitrogen and oxygen atoms in total. The number of hydrogen-bond donors (Lipinski definition) is 0. The van der Waals surface area contributed by atoms with Crippen molar-refractivity contribution in [3.05, 3.63) is 206 Å². The van der Waals surface area contributed by atoms with Gasteiger partial charge in [-0.1, -0.05) is 152 Å². The molecule has 10 aromatic carbocycles. The first-order valence-corrected chi connectivity index (χ1v) is 19.4. The number of hydrogen-bond acceptors (Lipinski definition) is 0. The molecule has 2 heteroatoms. The molecular formula is C54H34N2. The summed E-state index contributed by atoms with van der Waals surface area (Å²) in [5, 5.41) is 12.6. The third kappa shape index (κ3) is 4.50. The third-order valence-electron chi connectivity index (χ3n) is 11.9. The molecule has 0 saturated carbocycles. The van der Waals surface area contributed by atoms with Gasteiger partial charge in [0.1, 0.15) is 0 Å². The van der Waals surface area contributed by atoms with Crippen LogP contribution in [0.4, 0.5) is 0 Å². The largest absolute Gasteiger partial charge is 0.309 e. The Hall–Kier alpha value is -7.42. The Morgan fingerprint density at radius 2 is 0.661 bits per heavy atom. The normalized spacial score (nSPS) is 11.9. The molecule has 260 valence electrons. The number of para-hydroxylation sites is 1. The van der Waals surface area contributed by atoms with Gasteiger partial charge < -0.3 is 9.13 Å². The SMILES string of the molecule is c1ccc(-c2ccc3c(c2)c2cc4c5cc(-c6ccccc6)ccc5n(-c5cccc6c7ccccc7c7ccccc7c56)c4cc2n3-c2ccccc2)cc1. The van der Waals surface area contributed by atoms with Crippen molar-refractivity contribution in [1.29, 1.82) is 0 Å². The number of aromatic nitrogens is 2. The van der Waals surface area contributed by atoms with Gasteiger partial charge in [0, 0.05) is 32.6 Å². The van der Waals surface area contributed by atoms with Gasteiger partial charge in [0.25, 0.3) is 0 Å². The summed E-state index contributed by atoms with van der Waals surface area (Å²) in [6.45, 7) is 0. The van der Waals surface area contributed by atoms with Crippen LogP contribution in [0.2, 0.25) is 0 Å². The van der Waals surface area contributed by atoms with Crippen LogP contribution < -0.4 is 0 Å². The monoisotopic (exact) mass is 710 g/mol. The Balaban J connectivity index is 1.26. The van der Waals surface area contributed by atoms with Crippen molar-refractivity contribution < 1.29 is 0 Å². The van der Waals surface area contributed by atoms with E-state index in [-0.39, 0.29) is 0 Å². The molecule has 0 atom stereocenters. The molecule has 56 heavy (non-hydrogen) atoms. The minimum Gasteiger partial charge on any atom is -0.309 e. The average molecular weight is 711 g/mol. The van der Waals surface area contributed by atoms with Crippen LogP contribution in [0.5, 0.6) is 0 Å². The second kappa shape index (κ2) is 12.0. The van der Waals surface area contributed by atoms with Gasteiger partial charge in [0.15, 0.2) is 0 Å². The van der Waals surface area contributed by atoms with Crippen molar-refractivity contribution in [2.45, 2.75) is 0 Å². The molecule has 0 saturated heterocycles. The van der Waals surface area contributed by atoms with Crippen molar-refractivity contribution in [1.82, 2.24) is 9.13 Å². The summed E-state index contributed by atoms with van der Waals surface area (Å²) in [6, 6.07) is 75.8. The molecule has 0 aliphatic carbocycles. The van der Waals surface area contributed by atoms with Crippen LogP contribution >= 0.6 is 0 Å². The van der Waals surface area contributed by atoms with E-state index in [1.807, 2.05) is 0 Å². The molecular weight excluding hydrogens is 677 g/mol. The minimum atomic E-state index is 1.15. The number of fused-ring (bicyclic) bond motifs is 12. The maximum atomic E-state index is 2.53.